The first-order chi connectivity index (χ1) is 14.2. The fourth-order valence-electron chi connectivity index (χ4n) is 4.60. The Morgan fingerprint density at radius 1 is 0.793 bits per heavy atom. The van der Waals surface area contributed by atoms with Gasteiger partial charge in [-0.25, -0.2) is 0 Å². The zero-order valence-electron chi connectivity index (χ0n) is 16.8. The quantitative estimate of drug-likeness (QED) is 0.472. The van der Waals surface area contributed by atoms with Gasteiger partial charge in [-0.15, -0.1) is 0 Å². The van der Waals surface area contributed by atoms with Gasteiger partial charge in [-0.3, -0.25) is 0 Å². The highest BCUT2D eigenvalue weighted by molar-refractivity contribution is 6.25. The van der Waals surface area contributed by atoms with Crippen LogP contribution in [0.1, 0.15) is 35.0 Å². The second-order valence-electron chi connectivity index (χ2n) is 7.62. The van der Waals surface area contributed by atoms with Crippen LogP contribution in [-0.2, 0) is 0 Å². The summed E-state index contributed by atoms with van der Waals surface area (Å²) < 4.78 is 16.4. The van der Waals surface area contributed by atoms with Crippen molar-refractivity contribution < 1.29 is 8.80 Å². The predicted molar refractivity (Wildman–Crippen MR) is 122 cm³/mol. The van der Waals surface area contributed by atoms with E-state index in [-0.39, 0.29) is 0 Å². The van der Waals surface area contributed by atoms with E-state index in [1.807, 2.05) is 41.7 Å². The molecule has 0 aliphatic carbocycles. The number of rotatable bonds is 3. The smallest absolute Gasteiger partial charge is 0.413 e. The van der Waals surface area contributed by atoms with Crippen LogP contribution in [0.25, 0.3) is 22.0 Å². The van der Waals surface area contributed by atoms with Crippen molar-refractivity contribution in [3.05, 3.63) is 107 Å². The highest BCUT2D eigenvalue weighted by Gasteiger charge is 2.32. The van der Waals surface area contributed by atoms with Gasteiger partial charge < -0.3 is 13.8 Å². The van der Waals surface area contributed by atoms with Crippen LogP contribution in [0.4, 0.5) is 4.32 Å². The Morgan fingerprint density at radius 2 is 1.41 bits per heavy atom. The number of aromatic nitrogens is 1. The van der Waals surface area contributed by atoms with Crippen molar-refractivity contribution in [1.82, 2.24) is 4.98 Å². The number of hydrogen-bond donors (Lipinski definition) is 1. The molecule has 2 nitrogen and oxygen atoms in total. The van der Waals surface area contributed by atoms with Gasteiger partial charge in [-0.2, -0.15) is 0 Å². The van der Waals surface area contributed by atoms with Crippen molar-refractivity contribution in [1.29, 1.82) is 0 Å². The highest BCUT2D eigenvalue weighted by Crippen LogP contribution is 2.40. The number of H-pyrrole nitrogens is 1. The zero-order chi connectivity index (χ0) is 20.0. The number of fused-ring (bicyclic) bond motifs is 2. The summed E-state index contributed by atoms with van der Waals surface area (Å²) in [6.45, 7) is 4.12. The van der Waals surface area contributed by atoms with Gasteiger partial charge in [0.15, 0.2) is 5.70 Å². The monoisotopic (exact) mass is 380 g/mol. The molecule has 0 spiro atoms. The first kappa shape index (κ1) is 17.7. The standard InChI is InChI=1S/C25H22BFN2/c1-16-19-12-6-8-14-21(19)24(28-16)23(18-10-4-3-5-11-18)25-22-15-9-7-13-20(22)17(2)29(25)26-27/h3-15,28H,26H2,1-2H3/b25-23-. The minimum Gasteiger partial charge on any atom is -0.447 e. The van der Waals surface area contributed by atoms with Gasteiger partial charge in [-0.05, 0) is 24.6 Å². The topological polar surface area (TPSA) is 18.8 Å². The van der Waals surface area contributed by atoms with E-state index in [4.69, 9.17) is 0 Å². The number of benzene rings is 3. The van der Waals surface area contributed by atoms with Crippen molar-refractivity contribution in [2.45, 2.75) is 13.8 Å². The van der Waals surface area contributed by atoms with E-state index >= 15 is 0 Å². The average molecular weight is 380 g/mol. The van der Waals surface area contributed by atoms with Gasteiger partial charge in [0.05, 0.1) is 16.8 Å². The minimum atomic E-state index is -1.80. The summed E-state index contributed by atoms with van der Waals surface area (Å²) in [5.41, 5.74) is 8.50. The lowest BCUT2D eigenvalue weighted by molar-refractivity contribution is -0.271. The van der Waals surface area contributed by atoms with Crippen molar-refractivity contribution in [2.75, 3.05) is 0 Å². The van der Waals surface area contributed by atoms with Gasteiger partial charge in [0.25, 0.3) is 0 Å². The molecule has 4 heteroatoms. The molecule has 142 valence electrons. The third-order valence-corrected chi connectivity index (χ3v) is 6.04. The third-order valence-electron chi connectivity index (χ3n) is 6.04. The van der Waals surface area contributed by atoms with E-state index in [1.54, 1.807) is 0 Å². The van der Waals surface area contributed by atoms with Crippen LogP contribution in [-0.4, -0.2) is 22.9 Å². The summed E-state index contributed by atoms with van der Waals surface area (Å²) in [5, 5.41) is 2.36. The van der Waals surface area contributed by atoms with Gasteiger partial charge in [0, 0.05) is 29.0 Å². The molecule has 1 aliphatic heterocycles. The lowest BCUT2D eigenvalue weighted by Gasteiger charge is -2.14. The van der Waals surface area contributed by atoms with Crippen LogP contribution < -0.4 is 0 Å². The van der Waals surface area contributed by atoms with Crippen LogP contribution in [0, 0.1) is 6.92 Å². The lowest BCUT2D eigenvalue weighted by Crippen LogP contribution is -2.15. The molecule has 0 bridgehead atoms. The van der Waals surface area contributed by atoms with Crippen LogP contribution in [0.3, 0.4) is 0 Å². The molecule has 0 fully saturated rings. The summed E-state index contributed by atoms with van der Waals surface area (Å²) in [6.07, 6.45) is 0. The SMILES string of the molecule is CC1=[N+]([BH2-]F)/C(=C(/c2ccccc2)c2[nH]c(C)c3ccccc23)c2ccccc21. The summed E-state index contributed by atoms with van der Waals surface area (Å²) in [7, 11) is -1.80. The molecule has 0 saturated heterocycles. The van der Waals surface area contributed by atoms with E-state index in [2.05, 4.69) is 60.4 Å². The average Bonchev–Trinajstić information content (AvgIpc) is 3.25. The zero-order valence-corrected chi connectivity index (χ0v) is 16.8. The Kier molecular flexibility index (Phi) is 4.20. The van der Waals surface area contributed by atoms with Gasteiger partial charge in [0.2, 0.25) is 0 Å². The second-order valence-corrected chi connectivity index (χ2v) is 7.62. The van der Waals surface area contributed by atoms with Crippen LogP contribution >= 0.6 is 0 Å². The molecule has 0 radical (unpaired) electrons. The Labute approximate surface area is 170 Å². The van der Waals surface area contributed by atoms with E-state index in [0.29, 0.717) is 0 Å². The number of nitrogens with zero attached hydrogens (tertiary/aromatic N) is 1. The van der Waals surface area contributed by atoms with Gasteiger partial charge >= 0.3 is 7.69 Å². The molecule has 1 N–H and O–H groups in total. The van der Waals surface area contributed by atoms with E-state index in [1.165, 1.54) is 5.39 Å². The molecule has 4 aromatic rings. The highest BCUT2D eigenvalue weighted by atomic mass is 19.1. The molecule has 1 aromatic heterocycles. The Morgan fingerprint density at radius 3 is 2.14 bits per heavy atom. The normalized spacial score (nSPS) is 15.1. The molecule has 0 amide bonds. The number of nitrogens with one attached hydrogen (secondary N) is 1. The molecule has 5 rings (SSSR count). The Hall–Kier alpha value is -3.40. The first-order valence-corrected chi connectivity index (χ1v) is 10.1. The van der Waals surface area contributed by atoms with Crippen LogP contribution in [0.5, 0.6) is 0 Å². The van der Waals surface area contributed by atoms with Crippen LogP contribution in [0.15, 0.2) is 78.9 Å². The minimum absolute atomic E-state index is 0.971. The van der Waals surface area contributed by atoms with E-state index < -0.39 is 7.69 Å². The molecule has 2 heterocycles. The maximum absolute atomic E-state index is 14.5. The molecule has 3 aromatic carbocycles. The first-order valence-electron chi connectivity index (χ1n) is 10.1. The maximum Gasteiger partial charge on any atom is 0.413 e. The predicted octanol–water partition coefficient (Wildman–Crippen LogP) is 5.20. The summed E-state index contributed by atoms with van der Waals surface area (Å²) in [4.78, 5) is 3.62. The second kappa shape index (κ2) is 6.89. The molecule has 0 saturated carbocycles. The van der Waals surface area contributed by atoms with Crippen LogP contribution in [0.2, 0.25) is 0 Å². The molecular weight excluding hydrogens is 358 g/mol. The van der Waals surface area contributed by atoms with Crippen molar-refractivity contribution in [3.63, 3.8) is 0 Å². The lowest BCUT2D eigenvalue weighted by atomic mass is 9.93. The number of halogens is 1. The Bertz CT molecular complexity index is 1300. The molecule has 1 aliphatic rings. The molecular formula is C25H22BFN2. The number of aryl methyl sites for hydroxylation is 1. The number of aromatic amines is 1. The number of hydrogen-bond acceptors (Lipinski definition) is 0. The maximum atomic E-state index is 14.5. The third kappa shape index (κ3) is 2.67. The fraction of sp³-hybridized carbons (Fsp3) is 0.0800. The van der Waals surface area contributed by atoms with Gasteiger partial charge in [0.1, 0.15) is 5.71 Å². The molecule has 29 heavy (non-hydrogen) atoms. The van der Waals surface area contributed by atoms with Gasteiger partial charge in [-0.1, -0.05) is 66.7 Å². The molecule has 0 unspecified atom stereocenters. The van der Waals surface area contributed by atoms with E-state index in [9.17, 15) is 4.32 Å². The van der Waals surface area contributed by atoms with Crippen molar-refractivity contribution in [2.24, 2.45) is 0 Å². The summed E-state index contributed by atoms with van der Waals surface area (Å²) >= 11 is 0. The van der Waals surface area contributed by atoms with E-state index in [0.717, 1.165) is 50.4 Å². The van der Waals surface area contributed by atoms with Crippen molar-refractivity contribution in [3.8, 4) is 0 Å². The van der Waals surface area contributed by atoms with Crippen molar-refractivity contribution >= 4 is 35.4 Å². The summed E-state index contributed by atoms with van der Waals surface area (Å²) in [5.74, 6) is 0. The summed E-state index contributed by atoms with van der Waals surface area (Å²) in [6, 6.07) is 27.0. The largest absolute Gasteiger partial charge is 0.447 e. The Balaban J connectivity index is 1.95. The molecule has 0 atom stereocenters. The fourth-order valence-corrected chi connectivity index (χ4v) is 4.60.